The highest BCUT2D eigenvalue weighted by Gasteiger charge is 2.19. The van der Waals surface area contributed by atoms with Crippen molar-refractivity contribution in [2.45, 2.75) is 39.2 Å². The molecule has 1 fully saturated rings. The van der Waals surface area contributed by atoms with E-state index >= 15 is 0 Å². The van der Waals surface area contributed by atoms with E-state index in [1.807, 2.05) is 43.0 Å². The first-order valence-corrected chi connectivity index (χ1v) is 8.00. The van der Waals surface area contributed by atoms with E-state index in [-0.39, 0.29) is 18.0 Å². The third-order valence-corrected chi connectivity index (χ3v) is 3.49. The molecule has 1 aromatic rings. The lowest BCUT2D eigenvalue weighted by Crippen LogP contribution is -2.39. The van der Waals surface area contributed by atoms with Gasteiger partial charge < -0.3 is 15.5 Å². The van der Waals surface area contributed by atoms with Crippen LogP contribution < -0.4 is 15.5 Å². The molecule has 1 aliphatic heterocycles. The van der Waals surface area contributed by atoms with Crippen molar-refractivity contribution >= 4 is 17.6 Å². The van der Waals surface area contributed by atoms with Crippen molar-refractivity contribution in [3.8, 4) is 11.8 Å². The fourth-order valence-electron chi connectivity index (χ4n) is 2.39. The summed E-state index contributed by atoms with van der Waals surface area (Å²) in [5, 5.41) is 5.41. The van der Waals surface area contributed by atoms with Crippen molar-refractivity contribution in [1.82, 2.24) is 10.6 Å². The zero-order valence-corrected chi connectivity index (χ0v) is 13.7. The maximum absolute atomic E-state index is 11.9. The molecule has 0 bridgehead atoms. The zero-order chi connectivity index (χ0) is 16.7. The number of hydrogen-bond donors (Lipinski definition) is 2. The Bertz CT molecular complexity index is 611. The average molecular weight is 313 g/mol. The molecule has 3 amide bonds. The number of urea groups is 1. The predicted octanol–water partition coefficient (Wildman–Crippen LogP) is 2.26. The first-order chi connectivity index (χ1) is 11.1. The maximum Gasteiger partial charge on any atom is 0.315 e. The molecule has 1 heterocycles. The van der Waals surface area contributed by atoms with Gasteiger partial charge in [0.05, 0.1) is 6.54 Å². The molecule has 2 rings (SSSR count). The van der Waals surface area contributed by atoms with Gasteiger partial charge in [0.1, 0.15) is 0 Å². The van der Waals surface area contributed by atoms with Crippen LogP contribution in [0.4, 0.5) is 10.5 Å². The standard InChI is InChI=1S/C18H23N3O2/c1-14(2)20-18(23)19-12-5-6-15-8-10-16(11-9-15)21-13-4-3-7-17(21)22/h8-11,14H,3-4,7,12-13H2,1-2H3,(H2,19,20,23). The molecule has 0 aliphatic carbocycles. The lowest BCUT2D eigenvalue weighted by molar-refractivity contribution is -0.119. The number of piperidine rings is 1. The molecule has 122 valence electrons. The molecular formula is C18H23N3O2. The molecule has 23 heavy (non-hydrogen) atoms. The minimum absolute atomic E-state index is 0.105. The molecule has 0 radical (unpaired) electrons. The monoisotopic (exact) mass is 313 g/mol. The number of anilines is 1. The number of carbonyl (C=O) groups is 2. The van der Waals surface area contributed by atoms with Crippen molar-refractivity contribution in [3.05, 3.63) is 29.8 Å². The highest BCUT2D eigenvalue weighted by molar-refractivity contribution is 5.94. The Labute approximate surface area is 137 Å². The van der Waals surface area contributed by atoms with E-state index in [9.17, 15) is 9.59 Å². The van der Waals surface area contributed by atoms with Crippen LogP contribution in [-0.4, -0.2) is 31.1 Å². The summed E-state index contributed by atoms with van der Waals surface area (Å²) < 4.78 is 0. The van der Waals surface area contributed by atoms with E-state index in [1.165, 1.54) is 0 Å². The Kier molecular flexibility index (Phi) is 6.04. The summed E-state index contributed by atoms with van der Waals surface area (Å²) in [7, 11) is 0. The number of hydrogen-bond acceptors (Lipinski definition) is 2. The summed E-state index contributed by atoms with van der Waals surface area (Å²) in [6, 6.07) is 7.54. The Morgan fingerprint density at radius 3 is 2.65 bits per heavy atom. The van der Waals surface area contributed by atoms with Crippen LogP contribution in [0, 0.1) is 11.8 Å². The van der Waals surface area contributed by atoms with Crippen molar-refractivity contribution in [2.75, 3.05) is 18.0 Å². The highest BCUT2D eigenvalue weighted by Crippen LogP contribution is 2.20. The number of benzene rings is 1. The van der Waals surface area contributed by atoms with Gasteiger partial charge in [-0.2, -0.15) is 0 Å². The quantitative estimate of drug-likeness (QED) is 0.841. The van der Waals surface area contributed by atoms with Gasteiger partial charge in [-0.1, -0.05) is 11.8 Å². The van der Waals surface area contributed by atoms with Gasteiger partial charge in [-0.25, -0.2) is 4.79 Å². The minimum Gasteiger partial charge on any atom is -0.336 e. The third-order valence-electron chi connectivity index (χ3n) is 3.49. The van der Waals surface area contributed by atoms with Crippen LogP contribution in [0.1, 0.15) is 38.7 Å². The molecule has 0 aromatic heterocycles. The lowest BCUT2D eigenvalue weighted by Gasteiger charge is -2.26. The maximum atomic E-state index is 11.9. The Hall–Kier alpha value is -2.48. The molecule has 1 aromatic carbocycles. The molecule has 0 spiro atoms. The lowest BCUT2D eigenvalue weighted by atomic mass is 10.1. The van der Waals surface area contributed by atoms with Gasteiger partial charge in [0.2, 0.25) is 5.91 Å². The molecule has 2 N–H and O–H groups in total. The van der Waals surface area contributed by atoms with Crippen LogP contribution in [-0.2, 0) is 4.79 Å². The van der Waals surface area contributed by atoms with Gasteiger partial charge in [-0.05, 0) is 51.0 Å². The van der Waals surface area contributed by atoms with Gasteiger partial charge in [0, 0.05) is 30.3 Å². The van der Waals surface area contributed by atoms with Crippen molar-refractivity contribution in [3.63, 3.8) is 0 Å². The van der Waals surface area contributed by atoms with Crippen LogP contribution in [0.25, 0.3) is 0 Å². The third kappa shape index (κ3) is 5.33. The van der Waals surface area contributed by atoms with E-state index in [0.717, 1.165) is 30.6 Å². The summed E-state index contributed by atoms with van der Waals surface area (Å²) >= 11 is 0. The second kappa shape index (κ2) is 8.23. The fraction of sp³-hybridized carbons (Fsp3) is 0.444. The molecule has 0 saturated carbocycles. The highest BCUT2D eigenvalue weighted by atomic mass is 16.2. The van der Waals surface area contributed by atoms with Crippen LogP contribution in [0.3, 0.4) is 0 Å². The smallest absolute Gasteiger partial charge is 0.315 e. The summed E-state index contributed by atoms with van der Waals surface area (Å²) in [5.41, 5.74) is 1.79. The molecule has 1 saturated heterocycles. The molecule has 5 nitrogen and oxygen atoms in total. The van der Waals surface area contributed by atoms with Crippen molar-refractivity contribution in [1.29, 1.82) is 0 Å². The van der Waals surface area contributed by atoms with E-state index in [0.29, 0.717) is 13.0 Å². The first-order valence-electron chi connectivity index (χ1n) is 8.00. The molecule has 0 atom stereocenters. The van der Waals surface area contributed by atoms with E-state index in [2.05, 4.69) is 22.5 Å². The normalized spacial score (nSPS) is 14.2. The van der Waals surface area contributed by atoms with Gasteiger partial charge >= 0.3 is 6.03 Å². The Morgan fingerprint density at radius 1 is 1.26 bits per heavy atom. The van der Waals surface area contributed by atoms with Crippen LogP contribution in [0.5, 0.6) is 0 Å². The van der Waals surface area contributed by atoms with Crippen molar-refractivity contribution in [2.24, 2.45) is 0 Å². The van der Waals surface area contributed by atoms with Crippen LogP contribution in [0.2, 0.25) is 0 Å². The second-order valence-electron chi connectivity index (χ2n) is 5.83. The van der Waals surface area contributed by atoms with Gasteiger partial charge in [0.15, 0.2) is 0 Å². The molecule has 0 unspecified atom stereocenters. The average Bonchev–Trinajstić information content (AvgIpc) is 2.52. The van der Waals surface area contributed by atoms with Gasteiger partial charge in [-0.15, -0.1) is 0 Å². The Morgan fingerprint density at radius 2 is 2.00 bits per heavy atom. The number of rotatable bonds is 3. The Balaban J connectivity index is 1.87. The van der Waals surface area contributed by atoms with Crippen molar-refractivity contribution < 1.29 is 9.59 Å². The summed E-state index contributed by atoms with van der Waals surface area (Å²) in [6.45, 7) is 4.89. The van der Waals surface area contributed by atoms with Crippen LogP contribution >= 0.6 is 0 Å². The topological polar surface area (TPSA) is 61.4 Å². The van der Waals surface area contributed by atoms with E-state index in [4.69, 9.17) is 0 Å². The molecular weight excluding hydrogens is 290 g/mol. The largest absolute Gasteiger partial charge is 0.336 e. The fourth-order valence-corrected chi connectivity index (χ4v) is 2.39. The SMILES string of the molecule is CC(C)NC(=O)NCC#Cc1ccc(N2CCCCC2=O)cc1. The van der Waals surface area contributed by atoms with Gasteiger partial charge in [-0.3, -0.25) is 4.79 Å². The second-order valence-corrected chi connectivity index (χ2v) is 5.83. The van der Waals surface area contributed by atoms with E-state index in [1.54, 1.807) is 0 Å². The molecule has 1 aliphatic rings. The summed E-state index contributed by atoms with van der Waals surface area (Å²) in [5.74, 6) is 6.10. The van der Waals surface area contributed by atoms with E-state index < -0.39 is 0 Å². The number of amides is 3. The summed E-state index contributed by atoms with van der Waals surface area (Å²) in [4.78, 5) is 25.1. The first kappa shape index (κ1) is 16.9. The number of nitrogens with zero attached hydrogens (tertiary/aromatic N) is 1. The number of carbonyl (C=O) groups excluding carboxylic acids is 2. The zero-order valence-electron chi connectivity index (χ0n) is 13.7. The van der Waals surface area contributed by atoms with Gasteiger partial charge in [0.25, 0.3) is 0 Å². The molecule has 5 heteroatoms. The number of nitrogens with one attached hydrogen (secondary N) is 2. The summed E-state index contributed by atoms with van der Waals surface area (Å²) in [6.07, 6.45) is 2.67. The van der Waals surface area contributed by atoms with Crippen LogP contribution in [0.15, 0.2) is 24.3 Å². The minimum atomic E-state index is -0.215. The predicted molar refractivity (Wildman–Crippen MR) is 91.2 cm³/mol.